The van der Waals surface area contributed by atoms with Gasteiger partial charge in [-0.15, -0.1) is 0 Å². The fourth-order valence-corrected chi connectivity index (χ4v) is 1.72. The van der Waals surface area contributed by atoms with Gasteiger partial charge in [0.1, 0.15) is 11.6 Å². The average Bonchev–Trinajstić information content (AvgIpc) is 2.39. The lowest BCUT2D eigenvalue weighted by Crippen LogP contribution is -2.06. The maximum Gasteiger partial charge on any atom is 0.150 e. The number of aromatic nitrogens is 3. The van der Waals surface area contributed by atoms with Crippen molar-refractivity contribution in [1.82, 2.24) is 15.0 Å². The fraction of sp³-hybridized carbons (Fsp3) is 0.357. The molecule has 100 valence electrons. The third-order valence-corrected chi connectivity index (χ3v) is 2.67. The Hall–Kier alpha value is -2.04. The summed E-state index contributed by atoms with van der Waals surface area (Å²) in [4.78, 5) is 12.6. The SMILES string of the molecule is CCNc1cc(-c2ccncc2F)nc(C(C)C)n1. The van der Waals surface area contributed by atoms with E-state index in [-0.39, 0.29) is 11.7 Å². The van der Waals surface area contributed by atoms with Crippen LogP contribution in [0.3, 0.4) is 0 Å². The molecule has 1 N–H and O–H groups in total. The molecule has 0 aromatic carbocycles. The minimum Gasteiger partial charge on any atom is -0.370 e. The summed E-state index contributed by atoms with van der Waals surface area (Å²) in [6, 6.07) is 3.38. The second kappa shape index (κ2) is 5.73. The van der Waals surface area contributed by atoms with Crippen molar-refractivity contribution in [1.29, 1.82) is 0 Å². The Morgan fingerprint density at radius 1 is 1.32 bits per heavy atom. The minimum absolute atomic E-state index is 0.183. The van der Waals surface area contributed by atoms with Crippen LogP contribution in [0.2, 0.25) is 0 Å². The van der Waals surface area contributed by atoms with E-state index < -0.39 is 0 Å². The van der Waals surface area contributed by atoms with E-state index in [0.29, 0.717) is 22.9 Å². The Morgan fingerprint density at radius 3 is 2.74 bits per heavy atom. The molecule has 5 heteroatoms. The van der Waals surface area contributed by atoms with Crippen molar-refractivity contribution in [3.05, 3.63) is 36.2 Å². The molecule has 0 aliphatic heterocycles. The molecule has 0 aliphatic rings. The summed E-state index contributed by atoms with van der Waals surface area (Å²) in [5.41, 5.74) is 1.02. The highest BCUT2D eigenvalue weighted by molar-refractivity contribution is 5.62. The Kier molecular flexibility index (Phi) is 4.04. The first-order valence-electron chi connectivity index (χ1n) is 6.34. The summed E-state index contributed by atoms with van der Waals surface area (Å²) < 4.78 is 13.8. The highest BCUT2D eigenvalue weighted by Gasteiger charge is 2.12. The van der Waals surface area contributed by atoms with Gasteiger partial charge in [-0.2, -0.15) is 0 Å². The summed E-state index contributed by atoms with van der Waals surface area (Å²) >= 11 is 0. The van der Waals surface area contributed by atoms with Gasteiger partial charge in [0, 0.05) is 30.3 Å². The number of nitrogens with zero attached hydrogens (tertiary/aromatic N) is 3. The van der Waals surface area contributed by atoms with Gasteiger partial charge in [-0.3, -0.25) is 4.98 Å². The molecule has 0 aliphatic carbocycles. The van der Waals surface area contributed by atoms with Crippen molar-refractivity contribution in [2.45, 2.75) is 26.7 Å². The molecule has 4 nitrogen and oxygen atoms in total. The Balaban J connectivity index is 2.53. The van der Waals surface area contributed by atoms with Crippen LogP contribution in [0, 0.1) is 5.82 Å². The highest BCUT2D eigenvalue weighted by Crippen LogP contribution is 2.24. The summed E-state index contributed by atoms with van der Waals surface area (Å²) in [7, 11) is 0. The number of hydrogen-bond acceptors (Lipinski definition) is 4. The topological polar surface area (TPSA) is 50.7 Å². The lowest BCUT2D eigenvalue weighted by Gasteiger charge is -2.11. The molecular weight excluding hydrogens is 243 g/mol. The van der Waals surface area contributed by atoms with Gasteiger partial charge in [-0.1, -0.05) is 13.8 Å². The largest absolute Gasteiger partial charge is 0.370 e. The maximum atomic E-state index is 13.8. The van der Waals surface area contributed by atoms with Crippen LogP contribution in [0.15, 0.2) is 24.5 Å². The van der Waals surface area contributed by atoms with Crippen LogP contribution in [0.1, 0.15) is 32.5 Å². The lowest BCUT2D eigenvalue weighted by atomic mass is 10.1. The fourth-order valence-electron chi connectivity index (χ4n) is 1.72. The third-order valence-electron chi connectivity index (χ3n) is 2.67. The standard InChI is InChI=1S/C14H17FN4/c1-4-17-13-7-12(18-14(19-13)9(2)3)10-5-6-16-8-11(10)15/h5-9H,4H2,1-3H3,(H,17,18,19). The van der Waals surface area contributed by atoms with E-state index in [1.165, 1.54) is 6.20 Å². The van der Waals surface area contributed by atoms with Crippen LogP contribution in [-0.2, 0) is 0 Å². The van der Waals surface area contributed by atoms with E-state index in [1.54, 1.807) is 18.3 Å². The van der Waals surface area contributed by atoms with Crippen LogP contribution >= 0.6 is 0 Å². The van der Waals surface area contributed by atoms with E-state index in [2.05, 4.69) is 20.3 Å². The highest BCUT2D eigenvalue weighted by atomic mass is 19.1. The van der Waals surface area contributed by atoms with Crippen molar-refractivity contribution in [3.8, 4) is 11.3 Å². The molecule has 2 heterocycles. The van der Waals surface area contributed by atoms with Crippen LogP contribution in [0.5, 0.6) is 0 Å². The third kappa shape index (κ3) is 3.05. The molecule has 0 atom stereocenters. The van der Waals surface area contributed by atoms with Gasteiger partial charge in [0.05, 0.1) is 11.9 Å². The van der Waals surface area contributed by atoms with Crippen molar-refractivity contribution >= 4 is 5.82 Å². The van der Waals surface area contributed by atoms with Crippen molar-refractivity contribution in [3.63, 3.8) is 0 Å². The van der Waals surface area contributed by atoms with Crippen LogP contribution in [0.25, 0.3) is 11.3 Å². The molecule has 0 bridgehead atoms. The Bertz CT molecular complexity index is 569. The minimum atomic E-state index is -0.377. The molecule has 0 amide bonds. The number of pyridine rings is 1. The molecular formula is C14H17FN4. The van der Waals surface area contributed by atoms with Gasteiger partial charge in [0.15, 0.2) is 5.82 Å². The Morgan fingerprint density at radius 2 is 2.11 bits per heavy atom. The second-order valence-corrected chi connectivity index (χ2v) is 4.54. The number of anilines is 1. The molecule has 2 aromatic rings. The van der Waals surface area contributed by atoms with Crippen molar-refractivity contribution in [2.24, 2.45) is 0 Å². The second-order valence-electron chi connectivity index (χ2n) is 4.54. The van der Waals surface area contributed by atoms with Crippen molar-refractivity contribution in [2.75, 3.05) is 11.9 Å². The number of nitrogens with one attached hydrogen (secondary N) is 1. The van der Waals surface area contributed by atoms with Gasteiger partial charge in [0.25, 0.3) is 0 Å². The number of hydrogen-bond donors (Lipinski definition) is 1. The molecule has 19 heavy (non-hydrogen) atoms. The van der Waals surface area contributed by atoms with E-state index in [9.17, 15) is 4.39 Å². The van der Waals surface area contributed by atoms with Gasteiger partial charge >= 0.3 is 0 Å². The molecule has 0 saturated carbocycles. The van der Waals surface area contributed by atoms with E-state index >= 15 is 0 Å². The normalized spacial score (nSPS) is 10.8. The predicted octanol–water partition coefficient (Wildman–Crippen LogP) is 3.23. The van der Waals surface area contributed by atoms with Crippen LogP contribution in [-0.4, -0.2) is 21.5 Å². The average molecular weight is 260 g/mol. The number of halogens is 1. The lowest BCUT2D eigenvalue weighted by molar-refractivity contribution is 0.624. The first-order chi connectivity index (χ1) is 9.11. The zero-order valence-electron chi connectivity index (χ0n) is 11.3. The predicted molar refractivity (Wildman–Crippen MR) is 73.5 cm³/mol. The van der Waals surface area contributed by atoms with E-state index in [1.807, 2.05) is 20.8 Å². The van der Waals surface area contributed by atoms with Crippen LogP contribution < -0.4 is 5.32 Å². The molecule has 0 unspecified atom stereocenters. The van der Waals surface area contributed by atoms with Crippen LogP contribution in [0.4, 0.5) is 10.2 Å². The first-order valence-corrected chi connectivity index (χ1v) is 6.34. The monoisotopic (exact) mass is 260 g/mol. The molecule has 0 spiro atoms. The summed E-state index contributed by atoms with van der Waals surface area (Å²) in [6.07, 6.45) is 2.75. The van der Waals surface area contributed by atoms with Gasteiger partial charge < -0.3 is 5.32 Å². The van der Waals surface area contributed by atoms with Gasteiger partial charge in [-0.25, -0.2) is 14.4 Å². The molecule has 0 radical (unpaired) electrons. The smallest absolute Gasteiger partial charge is 0.150 e. The Labute approximate surface area is 112 Å². The molecule has 2 aromatic heterocycles. The first kappa shape index (κ1) is 13.4. The van der Waals surface area contributed by atoms with E-state index in [4.69, 9.17) is 0 Å². The molecule has 0 fully saturated rings. The quantitative estimate of drug-likeness (QED) is 0.917. The van der Waals surface area contributed by atoms with E-state index in [0.717, 1.165) is 6.54 Å². The molecule has 0 saturated heterocycles. The summed E-state index contributed by atoms with van der Waals surface area (Å²) in [6.45, 7) is 6.77. The summed E-state index contributed by atoms with van der Waals surface area (Å²) in [5.74, 6) is 1.22. The number of rotatable bonds is 4. The van der Waals surface area contributed by atoms with Crippen molar-refractivity contribution < 1.29 is 4.39 Å². The van der Waals surface area contributed by atoms with Gasteiger partial charge in [0.2, 0.25) is 0 Å². The zero-order chi connectivity index (χ0) is 13.8. The molecule has 2 rings (SSSR count). The summed E-state index contributed by atoms with van der Waals surface area (Å²) in [5, 5.41) is 3.14. The van der Waals surface area contributed by atoms with Gasteiger partial charge in [-0.05, 0) is 13.0 Å². The zero-order valence-corrected chi connectivity index (χ0v) is 11.3. The maximum absolute atomic E-state index is 13.8.